The number of hydrogen-bond donors (Lipinski definition) is 2. The van der Waals surface area contributed by atoms with Crippen LogP contribution in [-0.2, 0) is 0 Å². The van der Waals surface area contributed by atoms with Crippen LogP contribution < -0.4 is 20.1 Å². The highest BCUT2D eigenvalue weighted by molar-refractivity contribution is 5.99. The first-order chi connectivity index (χ1) is 17.2. The number of carbonyl (C=O) groups is 1. The zero-order valence-corrected chi connectivity index (χ0v) is 20.4. The van der Waals surface area contributed by atoms with Gasteiger partial charge in [0, 0.05) is 50.8 Å². The topological polar surface area (TPSA) is 115 Å². The van der Waals surface area contributed by atoms with E-state index in [0.717, 1.165) is 44.6 Å². The minimum atomic E-state index is -0.0565. The number of aromatic nitrogens is 1. The summed E-state index contributed by atoms with van der Waals surface area (Å²) in [7, 11) is 3.13. The van der Waals surface area contributed by atoms with Gasteiger partial charge in [-0.05, 0) is 43.7 Å². The lowest BCUT2D eigenvalue weighted by Gasteiger charge is -2.35. The van der Waals surface area contributed by atoms with Crippen LogP contribution in [0.15, 0.2) is 47.7 Å². The van der Waals surface area contributed by atoms with Crippen molar-refractivity contribution in [2.45, 2.75) is 19.3 Å². The van der Waals surface area contributed by atoms with Crippen molar-refractivity contribution in [1.29, 1.82) is 5.26 Å². The standard InChI is InChI=1S/C25H33N7O3/c1-34-21-7-6-8-22(35-2)23(21)24(33)32-17-15-31(16-18-32)14-5-3-4-11-28-25(29-19-26)30-20-9-12-27-13-10-20/h6-10,12-13H,3-5,11,14-18H2,1-2H3,(H2,27,28,29,30). The number of rotatable bonds is 10. The van der Waals surface area contributed by atoms with Gasteiger partial charge in [0.15, 0.2) is 6.19 Å². The zero-order chi connectivity index (χ0) is 24.9. The number of anilines is 1. The summed E-state index contributed by atoms with van der Waals surface area (Å²) in [5, 5.41) is 14.6. The summed E-state index contributed by atoms with van der Waals surface area (Å²) in [6, 6.07) is 9.01. The Bertz CT molecular complexity index is 993. The van der Waals surface area contributed by atoms with Crippen molar-refractivity contribution in [3.05, 3.63) is 48.3 Å². The van der Waals surface area contributed by atoms with Gasteiger partial charge >= 0.3 is 0 Å². The second kappa shape index (κ2) is 13.8. The molecule has 186 valence electrons. The predicted molar refractivity (Wildman–Crippen MR) is 135 cm³/mol. The Morgan fingerprint density at radius 2 is 1.74 bits per heavy atom. The summed E-state index contributed by atoms with van der Waals surface area (Å²) in [6.07, 6.45) is 8.29. The molecule has 1 aromatic heterocycles. The third-order valence-corrected chi connectivity index (χ3v) is 5.82. The summed E-state index contributed by atoms with van der Waals surface area (Å²) in [4.78, 5) is 25.8. The minimum Gasteiger partial charge on any atom is -0.496 e. The molecule has 2 heterocycles. The van der Waals surface area contributed by atoms with E-state index in [-0.39, 0.29) is 5.91 Å². The molecule has 10 nitrogen and oxygen atoms in total. The number of nitrogens with one attached hydrogen (secondary N) is 2. The third-order valence-electron chi connectivity index (χ3n) is 5.82. The lowest BCUT2D eigenvalue weighted by molar-refractivity contribution is 0.0628. The molecule has 2 N–H and O–H groups in total. The van der Waals surface area contributed by atoms with Crippen LogP contribution >= 0.6 is 0 Å². The van der Waals surface area contributed by atoms with Crippen molar-refractivity contribution in [3.63, 3.8) is 0 Å². The Morgan fingerprint density at radius 1 is 1.06 bits per heavy atom. The van der Waals surface area contributed by atoms with E-state index in [9.17, 15) is 4.79 Å². The van der Waals surface area contributed by atoms with E-state index in [1.807, 2.05) is 29.3 Å². The number of pyridine rings is 1. The molecule has 0 unspecified atom stereocenters. The van der Waals surface area contributed by atoms with Crippen LogP contribution in [0, 0.1) is 11.5 Å². The fourth-order valence-electron chi connectivity index (χ4n) is 3.94. The van der Waals surface area contributed by atoms with E-state index in [4.69, 9.17) is 14.7 Å². The first-order valence-corrected chi connectivity index (χ1v) is 11.8. The summed E-state index contributed by atoms with van der Waals surface area (Å²) in [5.74, 6) is 1.44. The molecular formula is C25H33N7O3. The maximum atomic E-state index is 13.1. The maximum Gasteiger partial charge on any atom is 0.261 e. The number of amides is 1. The molecule has 1 amide bonds. The number of hydrogen-bond acceptors (Lipinski definition) is 7. The Hall–Kier alpha value is -3.84. The molecule has 3 rings (SSSR count). The molecule has 35 heavy (non-hydrogen) atoms. The van der Waals surface area contributed by atoms with E-state index in [1.54, 1.807) is 38.7 Å². The number of nitrogens with zero attached hydrogens (tertiary/aromatic N) is 5. The highest BCUT2D eigenvalue weighted by atomic mass is 16.5. The molecular weight excluding hydrogens is 446 g/mol. The number of piperazine rings is 1. The predicted octanol–water partition coefficient (Wildman–Crippen LogP) is 2.57. The molecule has 0 aliphatic carbocycles. The van der Waals surface area contributed by atoms with Crippen LogP contribution in [0.1, 0.15) is 29.6 Å². The van der Waals surface area contributed by atoms with Crippen molar-refractivity contribution >= 4 is 17.6 Å². The summed E-state index contributed by atoms with van der Waals surface area (Å²) >= 11 is 0. The van der Waals surface area contributed by atoms with Crippen LogP contribution in [0.5, 0.6) is 11.5 Å². The second-order valence-corrected chi connectivity index (χ2v) is 8.06. The van der Waals surface area contributed by atoms with Crippen molar-refractivity contribution in [2.24, 2.45) is 4.99 Å². The van der Waals surface area contributed by atoms with Gasteiger partial charge in [0.2, 0.25) is 5.96 Å². The van der Waals surface area contributed by atoms with Gasteiger partial charge in [-0.2, -0.15) is 5.26 Å². The van der Waals surface area contributed by atoms with Gasteiger partial charge in [-0.25, -0.2) is 0 Å². The first kappa shape index (κ1) is 25.8. The number of guanidine groups is 1. The van der Waals surface area contributed by atoms with Gasteiger partial charge in [-0.1, -0.05) is 12.5 Å². The lowest BCUT2D eigenvalue weighted by Crippen LogP contribution is -2.48. The van der Waals surface area contributed by atoms with Gasteiger partial charge in [0.1, 0.15) is 17.1 Å². The fourth-order valence-corrected chi connectivity index (χ4v) is 3.94. The highest BCUT2D eigenvalue weighted by Gasteiger charge is 2.26. The number of benzene rings is 1. The number of carbonyl (C=O) groups excluding carboxylic acids is 1. The number of unbranched alkanes of at least 4 members (excludes halogenated alkanes) is 2. The van der Waals surface area contributed by atoms with E-state index in [0.29, 0.717) is 42.7 Å². The normalized spacial score (nSPS) is 14.2. The Morgan fingerprint density at radius 3 is 2.37 bits per heavy atom. The lowest BCUT2D eigenvalue weighted by atomic mass is 10.1. The van der Waals surface area contributed by atoms with Crippen molar-refractivity contribution in [3.8, 4) is 17.7 Å². The molecule has 0 bridgehead atoms. The van der Waals surface area contributed by atoms with E-state index in [1.165, 1.54) is 0 Å². The smallest absolute Gasteiger partial charge is 0.261 e. The van der Waals surface area contributed by atoms with Gasteiger partial charge in [-0.15, -0.1) is 0 Å². The van der Waals surface area contributed by atoms with E-state index < -0.39 is 0 Å². The SMILES string of the molecule is COc1cccc(OC)c1C(=O)N1CCN(CCCCCN=C(NC#N)Nc2ccncc2)CC1. The zero-order valence-electron chi connectivity index (χ0n) is 20.4. The number of nitriles is 1. The number of methoxy groups -OCH3 is 2. The maximum absolute atomic E-state index is 13.1. The monoisotopic (exact) mass is 479 g/mol. The van der Waals surface area contributed by atoms with Crippen molar-refractivity contribution in [1.82, 2.24) is 20.1 Å². The molecule has 2 aromatic rings. The minimum absolute atomic E-state index is 0.0565. The van der Waals surface area contributed by atoms with Gasteiger partial charge in [-0.3, -0.25) is 25.0 Å². The molecule has 1 saturated heterocycles. The van der Waals surface area contributed by atoms with Crippen LogP contribution in [0.3, 0.4) is 0 Å². The average molecular weight is 480 g/mol. The molecule has 1 aliphatic heterocycles. The highest BCUT2D eigenvalue weighted by Crippen LogP contribution is 2.29. The molecule has 0 radical (unpaired) electrons. The molecule has 1 aromatic carbocycles. The summed E-state index contributed by atoms with van der Waals surface area (Å²) < 4.78 is 10.8. The van der Waals surface area contributed by atoms with Gasteiger partial charge in [0.05, 0.1) is 14.2 Å². The second-order valence-electron chi connectivity index (χ2n) is 8.06. The summed E-state index contributed by atoms with van der Waals surface area (Å²) in [6.45, 7) is 4.65. The molecule has 10 heteroatoms. The Kier molecular flexibility index (Phi) is 10.1. The van der Waals surface area contributed by atoms with Crippen LogP contribution in [0.2, 0.25) is 0 Å². The van der Waals surface area contributed by atoms with E-state index >= 15 is 0 Å². The molecule has 0 spiro atoms. The quantitative estimate of drug-likeness (QED) is 0.176. The number of aliphatic imine (C=N–C) groups is 1. The van der Waals surface area contributed by atoms with Crippen molar-refractivity contribution < 1.29 is 14.3 Å². The molecule has 0 atom stereocenters. The Labute approximate surface area is 206 Å². The Balaban J connectivity index is 1.38. The first-order valence-electron chi connectivity index (χ1n) is 11.8. The van der Waals surface area contributed by atoms with E-state index in [2.05, 4.69) is 25.5 Å². The average Bonchev–Trinajstić information content (AvgIpc) is 2.90. The van der Waals surface area contributed by atoms with Crippen molar-refractivity contribution in [2.75, 3.05) is 58.8 Å². The number of ether oxygens (including phenoxy) is 2. The summed E-state index contributed by atoms with van der Waals surface area (Å²) in [5.41, 5.74) is 1.30. The van der Waals surface area contributed by atoms with Gasteiger partial charge in [0.25, 0.3) is 5.91 Å². The third kappa shape index (κ3) is 7.58. The largest absolute Gasteiger partial charge is 0.496 e. The van der Waals surface area contributed by atoms with Crippen LogP contribution in [0.4, 0.5) is 5.69 Å². The molecule has 1 aliphatic rings. The fraction of sp³-hybridized carbons (Fsp3) is 0.440. The molecule has 1 fully saturated rings. The van der Waals surface area contributed by atoms with Crippen LogP contribution in [-0.4, -0.2) is 80.1 Å². The van der Waals surface area contributed by atoms with Crippen LogP contribution in [0.25, 0.3) is 0 Å². The molecule has 0 saturated carbocycles. The van der Waals surface area contributed by atoms with Gasteiger partial charge < -0.3 is 19.7 Å².